The van der Waals surface area contributed by atoms with E-state index in [-0.39, 0.29) is 0 Å². The van der Waals surface area contributed by atoms with Gasteiger partial charge in [0.25, 0.3) is 0 Å². The second kappa shape index (κ2) is 3.08. The first kappa shape index (κ1) is 8.09. The zero-order valence-corrected chi connectivity index (χ0v) is 8.01. The highest BCUT2D eigenvalue weighted by atomic mass is 15.0. The molecule has 2 aliphatic rings. The lowest BCUT2D eigenvalue weighted by atomic mass is 9.83. The molecular weight excluding hydrogens is 148 g/mol. The van der Waals surface area contributed by atoms with Gasteiger partial charge in [0.2, 0.25) is 0 Å². The fourth-order valence-corrected chi connectivity index (χ4v) is 2.31. The Labute approximate surface area is 74.5 Å². The molecule has 0 aromatic heterocycles. The maximum atomic E-state index is 4.57. The summed E-state index contributed by atoms with van der Waals surface area (Å²) in [5.41, 5.74) is 0. The van der Waals surface area contributed by atoms with Crippen molar-refractivity contribution in [1.82, 2.24) is 5.32 Å². The number of hydrogen-bond donors (Lipinski definition) is 1. The van der Waals surface area contributed by atoms with Gasteiger partial charge in [0, 0.05) is 19.0 Å². The lowest BCUT2D eigenvalue weighted by Crippen LogP contribution is -2.43. The number of fused-ring (bicyclic) bond motifs is 1. The SMILES string of the molecule is CC1CN=C2NCC(C)CC2C1. The van der Waals surface area contributed by atoms with Gasteiger partial charge in [0.1, 0.15) is 0 Å². The Morgan fingerprint density at radius 3 is 2.83 bits per heavy atom. The molecule has 3 unspecified atom stereocenters. The Kier molecular flexibility index (Phi) is 2.07. The van der Waals surface area contributed by atoms with E-state index in [1.54, 1.807) is 0 Å². The second-order valence-electron chi connectivity index (χ2n) is 4.49. The van der Waals surface area contributed by atoms with Crippen molar-refractivity contribution in [2.45, 2.75) is 26.7 Å². The normalized spacial score (nSPS) is 41.2. The number of rotatable bonds is 0. The summed E-state index contributed by atoms with van der Waals surface area (Å²) in [6.45, 7) is 6.79. The predicted molar refractivity (Wildman–Crippen MR) is 51.4 cm³/mol. The summed E-state index contributed by atoms with van der Waals surface area (Å²) in [6.07, 6.45) is 2.69. The number of hydrogen-bond acceptors (Lipinski definition) is 2. The minimum Gasteiger partial charge on any atom is -0.373 e. The molecule has 1 fully saturated rings. The Morgan fingerprint density at radius 1 is 1.25 bits per heavy atom. The first-order chi connectivity index (χ1) is 5.75. The molecule has 0 saturated carbocycles. The van der Waals surface area contributed by atoms with Gasteiger partial charge in [0.05, 0.1) is 5.84 Å². The third-order valence-corrected chi connectivity index (χ3v) is 2.97. The monoisotopic (exact) mass is 166 g/mol. The molecule has 0 aromatic carbocycles. The van der Waals surface area contributed by atoms with Gasteiger partial charge in [-0.1, -0.05) is 13.8 Å². The van der Waals surface area contributed by atoms with Gasteiger partial charge in [0.15, 0.2) is 0 Å². The van der Waals surface area contributed by atoms with Crippen LogP contribution >= 0.6 is 0 Å². The topological polar surface area (TPSA) is 24.4 Å². The molecule has 1 saturated heterocycles. The third-order valence-electron chi connectivity index (χ3n) is 2.97. The Bertz CT molecular complexity index is 198. The van der Waals surface area contributed by atoms with Crippen LogP contribution in [0.3, 0.4) is 0 Å². The Balaban J connectivity index is 2.07. The van der Waals surface area contributed by atoms with Gasteiger partial charge in [-0.3, -0.25) is 4.99 Å². The van der Waals surface area contributed by atoms with Crippen LogP contribution in [-0.2, 0) is 0 Å². The van der Waals surface area contributed by atoms with Gasteiger partial charge in [-0.15, -0.1) is 0 Å². The summed E-state index contributed by atoms with van der Waals surface area (Å²) >= 11 is 0. The van der Waals surface area contributed by atoms with E-state index >= 15 is 0 Å². The summed E-state index contributed by atoms with van der Waals surface area (Å²) in [6, 6.07) is 0. The van der Waals surface area contributed by atoms with E-state index in [9.17, 15) is 0 Å². The summed E-state index contributed by atoms with van der Waals surface area (Å²) in [5.74, 6) is 3.67. The minimum atomic E-state index is 0.748. The highest BCUT2D eigenvalue weighted by Gasteiger charge is 2.28. The number of amidine groups is 1. The first-order valence-electron chi connectivity index (χ1n) is 5.04. The zero-order valence-electron chi connectivity index (χ0n) is 8.01. The van der Waals surface area contributed by atoms with Crippen LogP contribution < -0.4 is 5.32 Å². The highest BCUT2D eigenvalue weighted by Crippen LogP contribution is 2.27. The van der Waals surface area contributed by atoms with Crippen molar-refractivity contribution < 1.29 is 0 Å². The molecule has 0 amide bonds. The fraction of sp³-hybridized carbons (Fsp3) is 0.900. The predicted octanol–water partition coefficient (Wildman–Crippen LogP) is 1.67. The molecule has 0 radical (unpaired) electrons. The molecule has 2 aliphatic heterocycles. The second-order valence-corrected chi connectivity index (χ2v) is 4.49. The van der Waals surface area contributed by atoms with Crippen molar-refractivity contribution in [3.63, 3.8) is 0 Å². The number of piperidine rings is 1. The lowest BCUT2D eigenvalue weighted by molar-refractivity contribution is 0.339. The van der Waals surface area contributed by atoms with Gasteiger partial charge in [-0.05, 0) is 24.7 Å². The molecule has 0 bridgehead atoms. The quantitative estimate of drug-likeness (QED) is 0.581. The van der Waals surface area contributed by atoms with Crippen molar-refractivity contribution >= 4 is 5.84 Å². The Hall–Kier alpha value is -0.530. The molecule has 0 aliphatic carbocycles. The van der Waals surface area contributed by atoms with E-state index in [1.807, 2.05) is 0 Å². The minimum absolute atomic E-state index is 0.748. The van der Waals surface area contributed by atoms with Crippen LogP contribution in [0.4, 0.5) is 0 Å². The van der Waals surface area contributed by atoms with Crippen molar-refractivity contribution in [3.05, 3.63) is 0 Å². The molecule has 1 N–H and O–H groups in total. The molecule has 2 heteroatoms. The number of nitrogens with zero attached hydrogens (tertiary/aromatic N) is 1. The van der Waals surface area contributed by atoms with Crippen molar-refractivity contribution in [2.24, 2.45) is 22.7 Å². The van der Waals surface area contributed by atoms with Gasteiger partial charge < -0.3 is 5.32 Å². The molecule has 0 spiro atoms. The van der Waals surface area contributed by atoms with Crippen LogP contribution in [0.5, 0.6) is 0 Å². The highest BCUT2D eigenvalue weighted by molar-refractivity contribution is 5.85. The zero-order chi connectivity index (χ0) is 8.55. The standard InChI is InChI=1S/C10H18N2/c1-7-3-9-4-8(2)6-12-10(9)11-5-7/h7-9H,3-6H2,1-2H3,(H,11,12). The first-order valence-corrected chi connectivity index (χ1v) is 5.04. The van der Waals surface area contributed by atoms with Crippen LogP contribution in [0.15, 0.2) is 4.99 Å². The molecule has 3 atom stereocenters. The molecule has 68 valence electrons. The van der Waals surface area contributed by atoms with E-state index in [1.165, 1.54) is 18.7 Å². The smallest absolute Gasteiger partial charge is 0.0994 e. The van der Waals surface area contributed by atoms with E-state index in [2.05, 4.69) is 24.2 Å². The number of nitrogens with one attached hydrogen (secondary N) is 1. The van der Waals surface area contributed by atoms with Gasteiger partial charge in [-0.25, -0.2) is 0 Å². The van der Waals surface area contributed by atoms with Crippen LogP contribution in [0.25, 0.3) is 0 Å². The van der Waals surface area contributed by atoms with Crippen molar-refractivity contribution in [3.8, 4) is 0 Å². The maximum absolute atomic E-state index is 4.57. The molecule has 2 heterocycles. The largest absolute Gasteiger partial charge is 0.373 e. The van der Waals surface area contributed by atoms with Crippen molar-refractivity contribution in [1.29, 1.82) is 0 Å². The van der Waals surface area contributed by atoms with Crippen LogP contribution in [-0.4, -0.2) is 18.9 Å². The maximum Gasteiger partial charge on any atom is 0.0994 e. The van der Waals surface area contributed by atoms with Crippen LogP contribution in [0, 0.1) is 17.8 Å². The van der Waals surface area contributed by atoms with E-state index in [0.717, 1.165) is 30.8 Å². The van der Waals surface area contributed by atoms with Crippen LogP contribution in [0.1, 0.15) is 26.7 Å². The third kappa shape index (κ3) is 1.47. The molecule has 0 aromatic rings. The lowest BCUT2D eigenvalue weighted by Gasteiger charge is -2.34. The van der Waals surface area contributed by atoms with Gasteiger partial charge in [-0.2, -0.15) is 0 Å². The molecule has 2 nitrogen and oxygen atoms in total. The molecular formula is C10H18N2. The van der Waals surface area contributed by atoms with Crippen molar-refractivity contribution in [2.75, 3.05) is 13.1 Å². The van der Waals surface area contributed by atoms with Crippen LogP contribution in [0.2, 0.25) is 0 Å². The average Bonchev–Trinajstić information content (AvgIpc) is 2.03. The summed E-state index contributed by atoms with van der Waals surface area (Å²) < 4.78 is 0. The van der Waals surface area contributed by atoms with Gasteiger partial charge >= 0.3 is 0 Å². The van der Waals surface area contributed by atoms with E-state index < -0.39 is 0 Å². The fourth-order valence-electron chi connectivity index (χ4n) is 2.31. The average molecular weight is 166 g/mol. The number of aliphatic imine (C=N–C) groups is 1. The summed E-state index contributed by atoms with van der Waals surface area (Å²) in [7, 11) is 0. The summed E-state index contributed by atoms with van der Waals surface area (Å²) in [4.78, 5) is 4.57. The molecule has 12 heavy (non-hydrogen) atoms. The van der Waals surface area contributed by atoms with E-state index in [4.69, 9.17) is 0 Å². The molecule has 2 rings (SSSR count). The Morgan fingerprint density at radius 2 is 2.00 bits per heavy atom. The van der Waals surface area contributed by atoms with E-state index in [0.29, 0.717) is 0 Å². The summed E-state index contributed by atoms with van der Waals surface area (Å²) in [5, 5.41) is 3.44.